The predicted molar refractivity (Wildman–Crippen MR) is 47.0 cm³/mol. The Bertz CT molecular complexity index is 304. The minimum Gasteiger partial charge on any atom is -0.369 e. The Hall–Kier alpha value is -0.900. The fourth-order valence-corrected chi connectivity index (χ4v) is 2.01. The van der Waals surface area contributed by atoms with Crippen LogP contribution in [0.25, 0.3) is 0 Å². The molecule has 0 bridgehead atoms. The summed E-state index contributed by atoms with van der Waals surface area (Å²) in [5.74, 6) is 0.370. The van der Waals surface area contributed by atoms with Crippen LogP contribution in [0.5, 0.6) is 0 Å². The molecule has 1 heterocycles. The fourth-order valence-electron chi connectivity index (χ4n) is 1.12. The van der Waals surface area contributed by atoms with Crippen molar-refractivity contribution in [2.45, 2.75) is 25.2 Å². The number of thiazole rings is 1. The number of nitrogens with zero attached hydrogens (tertiary/aromatic N) is 1. The van der Waals surface area contributed by atoms with Crippen molar-refractivity contribution in [2.75, 3.05) is 0 Å². The van der Waals surface area contributed by atoms with Gasteiger partial charge in [0.05, 0.1) is 12.1 Å². The molecule has 0 saturated heterocycles. The zero-order chi connectivity index (χ0) is 8.55. The summed E-state index contributed by atoms with van der Waals surface area (Å²) in [5.41, 5.74) is 6.20. The molecule has 1 aromatic rings. The predicted octanol–water partition coefficient (Wildman–Crippen LogP) is 1.05. The first-order valence-electron chi connectivity index (χ1n) is 3.98. The molecule has 1 aliphatic carbocycles. The van der Waals surface area contributed by atoms with Crippen LogP contribution in [0.15, 0.2) is 5.38 Å². The number of carbonyl (C=O) groups excluding carboxylic acids is 1. The minimum absolute atomic E-state index is 0.289. The topological polar surface area (TPSA) is 56.0 Å². The number of aromatic nitrogens is 1. The average Bonchev–Trinajstić information content (AvgIpc) is 2.73. The molecule has 0 atom stereocenters. The van der Waals surface area contributed by atoms with E-state index in [1.807, 2.05) is 5.38 Å². The van der Waals surface area contributed by atoms with E-state index in [1.54, 1.807) is 0 Å². The van der Waals surface area contributed by atoms with Gasteiger partial charge in [0.15, 0.2) is 0 Å². The van der Waals surface area contributed by atoms with E-state index in [0.29, 0.717) is 5.92 Å². The summed E-state index contributed by atoms with van der Waals surface area (Å²) in [7, 11) is 0. The second kappa shape index (κ2) is 2.86. The van der Waals surface area contributed by atoms with Crippen LogP contribution in [0, 0.1) is 0 Å². The second-order valence-corrected chi connectivity index (χ2v) is 4.03. The van der Waals surface area contributed by atoms with Crippen LogP contribution in [0.3, 0.4) is 0 Å². The van der Waals surface area contributed by atoms with Gasteiger partial charge in [0.25, 0.3) is 0 Å². The maximum absolute atomic E-state index is 10.6. The molecule has 4 heteroatoms. The zero-order valence-corrected chi connectivity index (χ0v) is 7.43. The van der Waals surface area contributed by atoms with Crippen molar-refractivity contribution in [3.8, 4) is 0 Å². The first-order valence-corrected chi connectivity index (χ1v) is 4.86. The summed E-state index contributed by atoms with van der Waals surface area (Å²) in [5, 5.41) is 2.89. The van der Waals surface area contributed by atoms with E-state index < -0.39 is 0 Å². The second-order valence-electron chi connectivity index (χ2n) is 3.08. The Kier molecular flexibility index (Phi) is 1.84. The summed E-state index contributed by atoms with van der Waals surface area (Å²) < 4.78 is 0. The van der Waals surface area contributed by atoms with Gasteiger partial charge >= 0.3 is 0 Å². The van der Waals surface area contributed by atoms with E-state index in [2.05, 4.69) is 4.98 Å². The minimum atomic E-state index is -0.299. The van der Waals surface area contributed by atoms with Crippen molar-refractivity contribution in [3.05, 3.63) is 16.1 Å². The molecule has 2 rings (SSSR count). The fraction of sp³-hybridized carbons (Fsp3) is 0.500. The molecule has 1 aromatic heterocycles. The van der Waals surface area contributed by atoms with Gasteiger partial charge in [-0.3, -0.25) is 4.79 Å². The number of carbonyl (C=O) groups is 1. The van der Waals surface area contributed by atoms with Crippen molar-refractivity contribution < 1.29 is 4.79 Å². The molecule has 0 radical (unpaired) electrons. The number of hydrogen-bond acceptors (Lipinski definition) is 3. The number of hydrogen-bond donors (Lipinski definition) is 1. The highest BCUT2D eigenvalue weighted by atomic mass is 32.1. The lowest BCUT2D eigenvalue weighted by Crippen LogP contribution is -2.13. The maximum atomic E-state index is 10.6. The molecule has 2 N–H and O–H groups in total. The molecule has 64 valence electrons. The zero-order valence-electron chi connectivity index (χ0n) is 6.62. The molecule has 1 fully saturated rings. The van der Waals surface area contributed by atoms with Gasteiger partial charge in [0.2, 0.25) is 5.91 Å². The Morgan fingerprint density at radius 3 is 3.08 bits per heavy atom. The number of nitrogens with two attached hydrogens (primary N) is 1. The lowest BCUT2D eigenvalue weighted by atomic mass is 10.3. The van der Waals surface area contributed by atoms with Crippen LogP contribution in [-0.2, 0) is 11.2 Å². The molecule has 1 aliphatic rings. The van der Waals surface area contributed by atoms with Crippen molar-refractivity contribution in [3.63, 3.8) is 0 Å². The van der Waals surface area contributed by atoms with Crippen LogP contribution in [0.4, 0.5) is 0 Å². The van der Waals surface area contributed by atoms with Crippen molar-refractivity contribution in [2.24, 2.45) is 5.73 Å². The highest BCUT2D eigenvalue weighted by Gasteiger charge is 2.25. The molecule has 3 nitrogen and oxygen atoms in total. The standard InChI is InChI=1S/C8H10N2OS/c9-7(11)3-8-10-6(4-12-8)5-1-2-5/h4-5H,1-3H2,(H2,9,11). The molecule has 12 heavy (non-hydrogen) atoms. The molecule has 0 spiro atoms. The van der Waals surface area contributed by atoms with E-state index in [0.717, 1.165) is 10.7 Å². The van der Waals surface area contributed by atoms with Crippen LogP contribution in [0.2, 0.25) is 0 Å². The van der Waals surface area contributed by atoms with E-state index in [1.165, 1.54) is 24.2 Å². The molecule has 0 unspecified atom stereocenters. The molecule has 1 saturated carbocycles. The normalized spacial score (nSPS) is 16.3. The SMILES string of the molecule is NC(=O)Cc1nc(C2CC2)cs1. The molecule has 0 aromatic carbocycles. The quantitative estimate of drug-likeness (QED) is 0.759. The monoisotopic (exact) mass is 182 g/mol. The number of amides is 1. The molecular weight excluding hydrogens is 172 g/mol. The molecule has 1 amide bonds. The third kappa shape index (κ3) is 1.64. The van der Waals surface area contributed by atoms with Gasteiger partial charge in [-0.2, -0.15) is 0 Å². The van der Waals surface area contributed by atoms with E-state index in [9.17, 15) is 4.79 Å². The third-order valence-corrected chi connectivity index (χ3v) is 2.76. The summed E-state index contributed by atoms with van der Waals surface area (Å²) >= 11 is 1.53. The van der Waals surface area contributed by atoms with Crippen LogP contribution >= 0.6 is 11.3 Å². The van der Waals surface area contributed by atoms with Crippen LogP contribution in [0.1, 0.15) is 29.5 Å². The van der Waals surface area contributed by atoms with Gasteiger partial charge < -0.3 is 5.73 Å². The average molecular weight is 182 g/mol. The van der Waals surface area contributed by atoms with E-state index in [4.69, 9.17) is 5.73 Å². The van der Waals surface area contributed by atoms with Gasteiger partial charge in [0, 0.05) is 11.3 Å². The molecular formula is C8H10N2OS. The Morgan fingerprint density at radius 2 is 2.50 bits per heavy atom. The Labute approximate surface area is 74.6 Å². The highest BCUT2D eigenvalue weighted by molar-refractivity contribution is 7.09. The lowest BCUT2D eigenvalue weighted by molar-refractivity contribution is -0.117. The van der Waals surface area contributed by atoms with Gasteiger partial charge in [-0.15, -0.1) is 11.3 Å². The highest BCUT2D eigenvalue weighted by Crippen LogP contribution is 2.40. The number of primary amides is 1. The summed E-state index contributed by atoms with van der Waals surface area (Å²) in [6.45, 7) is 0. The van der Waals surface area contributed by atoms with E-state index in [-0.39, 0.29) is 12.3 Å². The third-order valence-electron chi connectivity index (χ3n) is 1.89. The lowest BCUT2D eigenvalue weighted by Gasteiger charge is -1.88. The van der Waals surface area contributed by atoms with Gasteiger partial charge in [0.1, 0.15) is 5.01 Å². The largest absolute Gasteiger partial charge is 0.369 e. The van der Waals surface area contributed by atoms with Gasteiger partial charge in [-0.1, -0.05) is 0 Å². The van der Waals surface area contributed by atoms with Crippen molar-refractivity contribution in [1.82, 2.24) is 4.98 Å². The van der Waals surface area contributed by atoms with Gasteiger partial charge in [-0.25, -0.2) is 4.98 Å². The first-order chi connectivity index (χ1) is 5.75. The molecule has 0 aliphatic heterocycles. The first kappa shape index (κ1) is 7.73. The summed E-state index contributed by atoms with van der Waals surface area (Å²) in [6, 6.07) is 0. The van der Waals surface area contributed by atoms with E-state index >= 15 is 0 Å². The van der Waals surface area contributed by atoms with Crippen molar-refractivity contribution in [1.29, 1.82) is 0 Å². The summed E-state index contributed by atoms with van der Waals surface area (Å²) in [6.07, 6.45) is 2.79. The van der Waals surface area contributed by atoms with Crippen LogP contribution < -0.4 is 5.73 Å². The van der Waals surface area contributed by atoms with Crippen LogP contribution in [-0.4, -0.2) is 10.9 Å². The maximum Gasteiger partial charge on any atom is 0.224 e. The number of rotatable bonds is 3. The Morgan fingerprint density at radius 1 is 1.75 bits per heavy atom. The smallest absolute Gasteiger partial charge is 0.224 e. The van der Waals surface area contributed by atoms with Crippen molar-refractivity contribution >= 4 is 17.2 Å². The Balaban J connectivity index is 2.07. The summed E-state index contributed by atoms with van der Waals surface area (Å²) in [4.78, 5) is 14.9. The van der Waals surface area contributed by atoms with Gasteiger partial charge in [-0.05, 0) is 12.8 Å².